The summed E-state index contributed by atoms with van der Waals surface area (Å²) in [5.41, 5.74) is 33.9. The summed E-state index contributed by atoms with van der Waals surface area (Å²) in [5.74, 6) is -0.581. The number of rotatable bonds is 14. The van der Waals surface area contributed by atoms with Gasteiger partial charge < -0.3 is 115 Å². The largest absolute Gasteiger partial charge is 0.424 e. The van der Waals surface area contributed by atoms with E-state index in [4.69, 9.17) is 56.3 Å². The fourth-order valence-electron chi connectivity index (χ4n) is 22.2. The van der Waals surface area contributed by atoms with Gasteiger partial charge in [-0.25, -0.2) is 13.2 Å². The lowest BCUT2D eigenvalue weighted by molar-refractivity contribution is 0.120. The number of nitrogens with one attached hydrogen (secondary N) is 4. The standard InChI is InChI=1S/C24H25FN4O2.2C23H24N4O2.C21H21FN4O2.C21H22FN3O/c1-2-29-21-7-8-28(15-19(21)18-5-3-16(25)13-22(18)29)17-4-6-23-20(14-17)26-24(31-23)27-9-11-30-12-10-27;1-15-2-4-19-17(12-15)18-14-27(7-6-20(18)24-19)16-3-5-22-21(13-16)25-23(29-22)26-8-10-28-11-9-26;1-25-20-5-3-2-4-17(20)18-15-27(9-8-21(18)25)16-6-7-22-19(14-16)24-23(29-22)26-10-12-28-13-11-26;1-27-9-7-23-21-25-19-11-14(3-5-20(19)28-21)26-8-6-17-16(12-26)15-4-2-13(22)10-18(15)24-17;22-15-1-6-18-19-14-25(8-7-20(19)23-21(18)13-15)17-4-2-16(3-5-17)24-9-11-26-12-10-24/h3-6,13-14H,2,7-12,15H2,1H3;2-5,12-13,24H,6-11,14H2,1H3;2-7,14H,8-13,15H2,1H3;2-5,10-11,24H,6-9,12H2,1H3,(H,23,25);1-6,13,23H,7-12,14H2. The minimum absolute atomic E-state index is 0.179. The molecular weight excluding hydrogens is 1810 g/mol. The maximum absolute atomic E-state index is 13.9. The molecule has 0 atom stereocenters. The van der Waals surface area contributed by atoms with Crippen LogP contribution in [0.1, 0.15) is 68.8 Å². The quantitative estimate of drug-likeness (QED) is 0.0739. The van der Waals surface area contributed by atoms with Crippen LogP contribution in [0.4, 0.5) is 71.4 Å². The Hall–Kier alpha value is -14.6. The summed E-state index contributed by atoms with van der Waals surface area (Å²) in [6.07, 6.45) is 4.87. The van der Waals surface area contributed by atoms with Crippen LogP contribution in [0.25, 0.3) is 98.9 Å². The van der Waals surface area contributed by atoms with E-state index in [9.17, 15) is 13.2 Å². The molecule has 9 aliphatic rings. The van der Waals surface area contributed by atoms with E-state index in [0.717, 1.165) is 285 Å². The number of fused-ring (bicyclic) bond motifs is 19. The molecule has 9 aromatic heterocycles. The summed E-state index contributed by atoms with van der Waals surface area (Å²) < 4.78 is 96.0. The molecule has 28 nitrogen and oxygen atoms in total. The van der Waals surface area contributed by atoms with Gasteiger partial charge in [-0.1, -0.05) is 29.8 Å². The molecule has 4 saturated heterocycles. The number of methoxy groups -OCH3 is 1. The number of halogens is 3. The highest BCUT2D eigenvalue weighted by Gasteiger charge is 2.32. The second-order valence-corrected chi connectivity index (χ2v) is 38.3. The summed E-state index contributed by atoms with van der Waals surface area (Å²) in [6.45, 7) is 28.2. The number of nitrogens with zero attached hydrogens (tertiary/aromatic N) is 15. The monoisotopic (exact) mass is 1930 g/mol. The van der Waals surface area contributed by atoms with Crippen LogP contribution < -0.4 is 49.4 Å². The summed E-state index contributed by atoms with van der Waals surface area (Å²) in [4.78, 5) is 50.0. The molecule has 0 spiro atoms. The first-order valence-electron chi connectivity index (χ1n) is 50.3. The number of aromatic amines is 3. The highest BCUT2D eigenvalue weighted by Crippen LogP contribution is 2.42. The molecule has 31 heteroatoms. The van der Waals surface area contributed by atoms with Crippen molar-refractivity contribution in [2.75, 3.05) is 208 Å². The van der Waals surface area contributed by atoms with Gasteiger partial charge >= 0.3 is 0 Å². The van der Waals surface area contributed by atoms with Gasteiger partial charge in [0.1, 0.15) is 39.5 Å². The lowest BCUT2D eigenvalue weighted by Crippen LogP contribution is -2.36. The number of hydrogen-bond donors (Lipinski definition) is 4. The second kappa shape index (κ2) is 39.3. The molecule has 0 amide bonds. The zero-order valence-electron chi connectivity index (χ0n) is 81.0. The van der Waals surface area contributed by atoms with Gasteiger partial charge in [0.05, 0.1) is 65.0 Å². The maximum atomic E-state index is 13.9. The van der Waals surface area contributed by atoms with Crippen LogP contribution in [-0.4, -0.2) is 202 Å². The van der Waals surface area contributed by atoms with Gasteiger partial charge in [-0.2, -0.15) is 19.9 Å². The second-order valence-electron chi connectivity index (χ2n) is 38.3. The fraction of sp³-hybridized carbons (Fsp3) is 0.339. The summed E-state index contributed by atoms with van der Waals surface area (Å²) in [7, 11) is 3.85. The Labute approximate surface area is 824 Å². The van der Waals surface area contributed by atoms with Crippen LogP contribution in [0.2, 0.25) is 0 Å². The Balaban J connectivity index is 0.0000000965. The third-order valence-electron chi connectivity index (χ3n) is 29.8. The smallest absolute Gasteiger partial charge is 0.298 e. The Kier molecular flexibility index (Phi) is 25.0. The minimum Gasteiger partial charge on any atom is -0.424 e. The van der Waals surface area contributed by atoms with E-state index in [1.54, 1.807) is 37.4 Å². The minimum atomic E-state index is -0.214. The molecule has 0 saturated carbocycles. The van der Waals surface area contributed by atoms with E-state index in [0.29, 0.717) is 50.4 Å². The molecular formula is C112H116F3N19O9. The Morgan fingerprint density at radius 2 is 0.727 bits per heavy atom. The van der Waals surface area contributed by atoms with Crippen molar-refractivity contribution < 1.29 is 54.5 Å². The number of benzene rings is 10. The van der Waals surface area contributed by atoms with Crippen molar-refractivity contribution in [1.29, 1.82) is 0 Å². The van der Waals surface area contributed by atoms with Crippen molar-refractivity contribution in [2.45, 2.75) is 85.2 Å². The number of H-pyrrole nitrogens is 3. The van der Waals surface area contributed by atoms with Crippen molar-refractivity contribution in [3.63, 3.8) is 0 Å². The van der Waals surface area contributed by atoms with Crippen LogP contribution in [0.5, 0.6) is 0 Å². The molecule has 10 aromatic carbocycles. The first-order valence-corrected chi connectivity index (χ1v) is 50.3. The van der Waals surface area contributed by atoms with Gasteiger partial charge in [-0.05, 0) is 184 Å². The fourth-order valence-corrected chi connectivity index (χ4v) is 22.2. The molecule has 0 aliphatic carbocycles. The summed E-state index contributed by atoms with van der Waals surface area (Å²) in [5, 5.41) is 9.21. The number of ether oxygens (including phenoxy) is 5. The molecule has 143 heavy (non-hydrogen) atoms. The first kappa shape index (κ1) is 90.9. The van der Waals surface area contributed by atoms with Gasteiger partial charge in [0, 0.05) is 317 Å². The van der Waals surface area contributed by atoms with E-state index in [1.807, 2.05) is 30.3 Å². The lowest BCUT2D eigenvalue weighted by Gasteiger charge is -2.31. The van der Waals surface area contributed by atoms with Crippen molar-refractivity contribution in [3.8, 4) is 0 Å². The molecule has 4 fully saturated rings. The predicted molar refractivity (Wildman–Crippen MR) is 559 cm³/mol. The van der Waals surface area contributed by atoms with Crippen molar-refractivity contribution >= 4 is 157 Å². The van der Waals surface area contributed by atoms with Gasteiger partial charge in [0.15, 0.2) is 22.3 Å². The number of hydrogen-bond acceptors (Lipinski definition) is 23. The van der Waals surface area contributed by atoms with Gasteiger partial charge in [-0.15, -0.1) is 0 Å². The SMILES string of the molecule is CCn1c2c(c3ccc(F)cc31)CN(c1ccc3oc(N4CCOCC4)nc3c1)CC2.COCCNc1nc2cc(N3CCc4[nH]c5cc(F)ccc5c4C3)ccc2o1.Cc1ccc2[nH]c3c(c2c1)CN(c1ccc2oc(N4CCOCC4)nc2c1)CC3.Cn1c2c(c3ccccc31)CN(c1ccc3oc(N4CCOCC4)nc3c1)CC2.Fc1ccc2c3c([nH]c2c1)CCN(c1ccc(N2CCOCC2)cc1)C3. The molecule has 4 N–H and O–H groups in total. The number of aromatic nitrogens is 9. The summed E-state index contributed by atoms with van der Waals surface area (Å²) in [6, 6.07) is 67.0. The molecule has 0 unspecified atom stereocenters. The Bertz CT molecular complexity index is 7880. The first-order chi connectivity index (χ1) is 70.2. The number of morpholine rings is 4. The van der Waals surface area contributed by atoms with E-state index in [1.165, 1.54) is 112 Å². The maximum Gasteiger partial charge on any atom is 0.298 e. The third kappa shape index (κ3) is 18.3. The zero-order chi connectivity index (χ0) is 96.3. The highest BCUT2D eigenvalue weighted by atomic mass is 19.1. The molecule has 0 radical (unpaired) electrons. The average molecular weight is 1930 g/mol. The van der Waals surface area contributed by atoms with Crippen molar-refractivity contribution in [3.05, 3.63) is 273 Å². The van der Waals surface area contributed by atoms with Crippen LogP contribution in [0, 0.1) is 24.4 Å². The Morgan fingerprint density at radius 1 is 0.343 bits per heavy atom. The molecule has 734 valence electrons. The lowest BCUT2D eigenvalue weighted by atomic mass is 10.0. The topological polar surface area (TPSA) is 249 Å². The van der Waals surface area contributed by atoms with Crippen molar-refractivity contribution in [2.24, 2.45) is 7.05 Å². The zero-order valence-corrected chi connectivity index (χ0v) is 81.0. The van der Waals surface area contributed by atoms with Crippen LogP contribution in [-0.2, 0) is 102 Å². The summed E-state index contributed by atoms with van der Waals surface area (Å²) >= 11 is 0. The number of oxazole rings is 4. The average Bonchev–Trinajstić information content (AvgIpc) is 1.56. The molecule has 0 bridgehead atoms. The number of aryl methyl sites for hydroxylation is 3. The highest BCUT2D eigenvalue weighted by molar-refractivity contribution is 5.92. The van der Waals surface area contributed by atoms with E-state index in [-0.39, 0.29) is 17.5 Å². The van der Waals surface area contributed by atoms with Gasteiger partial charge in [-0.3, -0.25) is 0 Å². The van der Waals surface area contributed by atoms with Crippen LogP contribution in [0.15, 0.2) is 212 Å². The van der Waals surface area contributed by atoms with Gasteiger partial charge in [0.25, 0.3) is 24.1 Å². The molecule has 19 aromatic rings. The number of para-hydroxylation sites is 1. The molecule has 18 heterocycles. The van der Waals surface area contributed by atoms with Crippen LogP contribution in [0.3, 0.4) is 0 Å². The molecule has 28 rings (SSSR count). The Morgan fingerprint density at radius 3 is 1.21 bits per heavy atom. The number of anilines is 10. The van der Waals surface area contributed by atoms with Crippen molar-refractivity contribution in [1.82, 2.24) is 44.0 Å². The normalized spacial score (nSPS) is 16.6. The van der Waals surface area contributed by atoms with Gasteiger partial charge in [0.2, 0.25) is 0 Å². The van der Waals surface area contributed by atoms with E-state index < -0.39 is 0 Å². The third-order valence-corrected chi connectivity index (χ3v) is 29.8. The molecule has 9 aliphatic heterocycles. The van der Waals surface area contributed by atoms with Crippen LogP contribution >= 0.6 is 0 Å². The van der Waals surface area contributed by atoms with E-state index >= 15 is 0 Å². The predicted octanol–water partition coefficient (Wildman–Crippen LogP) is 19.9. The van der Waals surface area contributed by atoms with E-state index in [2.05, 4.69) is 227 Å².